The summed E-state index contributed by atoms with van der Waals surface area (Å²) in [6.07, 6.45) is 7.61. The first-order valence-electron chi connectivity index (χ1n) is 9.37. The first-order valence-corrected chi connectivity index (χ1v) is 10.4. The molecule has 5 nitrogen and oxygen atoms in total. The van der Waals surface area contributed by atoms with Gasteiger partial charge in [0.15, 0.2) is 5.12 Å². The molecule has 0 fully saturated rings. The normalized spacial score (nSPS) is 13.0. The van der Waals surface area contributed by atoms with Crippen molar-refractivity contribution in [2.75, 3.05) is 17.6 Å². The van der Waals surface area contributed by atoms with Crippen molar-refractivity contribution in [3.63, 3.8) is 0 Å². The van der Waals surface area contributed by atoms with Crippen LogP contribution in [0.15, 0.2) is 18.2 Å². The number of amides is 2. The Bertz CT molecular complexity index is 646. The maximum absolute atomic E-state index is 12.2. The van der Waals surface area contributed by atoms with E-state index in [2.05, 4.69) is 16.7 Å². The number of carbonyl (C=O) groups is 3. The van der Waals surface area contributed by atoms with Crippen LogP contribution in [0.4, 0.5) is 5.69 Å². The molecule has 1 aliphatic rings. The summed E-state index contributed by atoms with van der Waals surface area (Å²) in [6.45, 7) is 2.04. The fourth-order valence-corrected chi connectivity index (χ4v) is 3.58. The molecule has 1 aromatic rings. The monoisotopic (exact) mass is 376 g/mol. The van der Waals surface area contributed by atoms with Gasteiger partial charge in [-0.15, -0.1) is 0 Å². The van der Waals surface area contributed by atoms with Crippen molar-refractivity contribution in [3.05, 3.63) is 29.3 Å². The minimum atomic E-state index is -0.114. The summed E-state index contributed by atoms with van der Waals surface area (Å²) in [5.74, 6) is 0.127. The van der Waals surface area contributed by atoms with Crippen molar-refractivity contribution in [1.82, 2.24) is 5.32 Å². The van der Waals surface area contributed by atoms with E-state index in [1.807, 2.05) is 12.1 Å². The quantitative estimate of drug-likeness (QED) is 0.647. The van der Waals surface area contributed by atoms with Gasteiger partial charge in [0.05, 0.1) is 5.75 Å². The molecule has 2 rings (SSSR count). The van der Waals surface area contributed by atoms with Gasteiger partial charge < -0.3 is 10.6 Å². The highest BCUT2D eigenvalue weighted by atomic mass is 32.2. The minimum Gasteiger partial charge on any atom is -0.355 e. The number of aryl methyl sites for hydroxylation is 1. The second-order valence-corrected chi connectivity index (χ2v) is 7.79. The number of nitrogens with one attached hydrogen (secondary N) is 2. The van der Waals surface area contributed by atoms with E-state index in [1.54, 1.807) is 0 Å². The van der Waals surface area contributed by atoms with Gasteiger partial charge >= 0.3 is 0 Å². The Hall–Kier alpha value is -1.82. The Morgan fingerprint density at radius 1 is 1.04 bits per heavy atom. The molecule has 0 atom stereocenters. The van der Waals surface area contributed by atoms with Gasteiger partial charge in [-0.25, -0.2) is 0 Å². The Labute approximate surface area is 159 Å². The molecular formula is C20H28N2O3S. The largest absolute Gasteiger partial charge is 0.355 e. The van der Waals surface area contributed by atoms with Crippen LogP contribution in [0, 0.1) is 0 Å². The van der Waals surface area contributed by atoms with E-state index < -0.39 is 0 Å². The van der Waals surface area contributed by atoms with Crippen molar-refractivity contribution >= 4 is 34.4 Å². The van der Waals surface area contributed by atoms with E-state index in [4.69, 9.17) is 0 Å². The van der Waals surface area contributed by atoms with Crippen LogP contribution in [-0.4, -0.2) is 29.2 Å². The van der Waals surface area contributed by atoms with Crippen molar-refractivity contribution in [1.29, 1.82) is 0 Å². The van der Waals surface area contributed by atoms with E-state index in [9.17, 15) is 14.4 Å². The SMILES string of the molecule is CC(=O)SCC(=O)NCCCCCC(=O)Nc1cccc2c1CCCC2. The van der Waals surface area contributed by atoms with E-state index in [1.165, 1.54) is 30.9 Å². The van der Waals surface area contributed by atoms with Crippen molar-refractivity contribution < 1.29 is 14.4 Å². The van der Waals surface area contributed by atoms with E-state index >= 15 is 0 Å². The molecule has 0 saturated carbocycles. The molecule has 6 heteroatoms. The second kappa shape index (κ2) is 11.0. The molecule has 0 radical (unpaired) electrons. The van der Waals surface area contributed by atoms with Crippen LogP contribution >= 0.6 is 11.8 Å². The van der Waals surface area contributed by atoms with Gasteiger partial charge in [0, 0.05) is 25.6 Å². The third-order valence-corrected chi connectivity index (χ3v) is 5.29. The van der Waals surface area contributed by atoms with Gasteiger partial charge in [0.2, 0.25) is 11.8 Å². The lowest BCUT2D eigenvalue weighted by Gasteiger charge is -2.19. The molecule has 26 heavy (non-hydrogen) atoms. The summed E-state index contributed by atoms with van der Waals surface area (Å²) in [7, 11) is 0. The molecule has 0 unspecified atom stereocenters. The van der Waals surface area contributed by atoms with Crippen LogP contribution in [0.25, 0.3) is 0 Å². The van der Waals surface area contributed by atoms with Crippen LogP contribution in [0.3, 0.4) is 0 Å². The third kappa shape index (κ3) is 7.20. The van der Waals surface area contributed by atoms with Crippen molar-refractivity contribution in [2.45, 2.75) is 58.3 Å². The standard InChI is InChI=1S/C20H28N2O3S/c1-15(23)26-14-20(25)21-13-6-2-3-12-19(24)22-18-11-7-9-16-8-4-5-10-17(16)18/h7,9,11H,2-6,8,10,12-14H2,1H3,(H,21,25)(H,22,24). The fourth-order valence-electron chi connectivity index (χ4n) is 3.14. The summed E-state index contributed by atoms with van der Waals surface area (Å²) < 4.78 is 0. The van der Waals surface area contributed by atoms with Gasteiger partial charge in [-0.3, -0.25) is 14.4 Å². The number of thioether (sulfide) groups is 1. The maximum atomic E-state index is 12.2. The predicted octanol–water partition coefficient (Wildman–Crippen LogP) is 3.46. The van der Waals surface area contributed by atoms with E-state index in [-0.39, 0.29) is 22.7 Å². The molecule has 0 bridgehead atoms. The lowest BCUT2D eigenvalue weighted by molar-refractivity contribution is -0.119. The van der Waals surface area contributed by atoms with E-state index in [0.717, 1.165) is 49.6 Å². The molecule has 0 aromatic heterocycles. The average Bonchev–Trinajstić information content (AvgIpc) is 2.63. The number of fused-ring (bicyclic) bond motifs is 1. The minimum absolute atomic E-state index is 0.0501. The molecule has 142 valence electrons. The number of hydrogen-bond donors (Lipinski definition) is 2. The highest BCUT2D eigenvalue weighted by Crippen LogP contribution is 2.27. The molecule has 0 spiro atoms. The molecule has 0 aliphatic heterocycles. The lowest BCUT2D eigenvalue weighted by Crippen LogP contribution is -2.26. The molecule has 2 amide bonds. The summed E-state index contributed by atoms with van der Waals surface area (Å²) >= 11 is 1.02. The Kier molecular flexibility index (Phi) is 8.68. The Morgan fingerprint density at radius 2 is 1.85 bits per heavy atom. The smallest absolute Gasteiger partial charge is 0.230 e. The average molecular weight is 377 g/mol. The highest BCUT2D eigenvalue weighted by molar-refractivity contribution is 8.14. The molecule has 0 heterocycles. The number of hydrogen-bond acceptors (Lipinski definition) is 4. The number of rotatable bonds is 9. The van der Waals surface area contributed by atoms with Gasteiger partial charge in [-0.1, -0.05) is 30.3 Å². The van der Waals surface area contributed by atoms with E-state index in [0.29, 0.717) is 13.0 Å². The number of unbranched alkanes of at least 4 members (excludes halogenated alkanes) is 2. The zero-order valence-electron chi connectivity index (χ0n) is 15.4. The first-order chi connectivity index (χ1) is 12.6. The predicted molar refractivity (Wildman–Crippen MR) is 106 cm³/mol. The second-order valence-electron chi connectivity index (χ2n) is 6.64. The first kappa shape index (κ1) is 20.5. The molecule has 1 aliphatic carbocycles. The zero-order chi connectivity index (χ0) is 18.8. The third-order valence-electron chi connectivity index (χ3n) is 4.48. The summed E-state index contributed by atoms with van der Waals surface area (Å²) in [6, 6.07) is 6.18. The zero-order valence-corrected chi connectivity index (χ0v) is 16.3. The van der Waals surface area contributed by atoms with Crippen LogP contribution < -0.4 is 10.6 Å². The summed E-state index contributed by atoms with van der Waals surface area (Å²) in [5.41, 5.74) is 3.65. The van der Waals surface area contributed by atoms with Crippen molar-refractivity contribution in [3.8, 4) is 0 Å². The van der Waals surface area contributed by atoms with Gasteiger partial charge in [-0.05, 0) is 55.7 Å². The van der Waals surface area contributed by atoms with Gasteiger partial charge in [0.25, 0.3) is 0 Å². The lowest BCUT2D eigenvalue weighted by atomic mass is 9.90. The number of carbonyl (C=O) groups excluding carboxylic acids is 3. The van der Waals surface area contributed by atoms with Crippen molar-refractivity contribution in [2.24, 2.45) is 0 Å². The van der Waals surface area contributed by atoms with Crippen LogP contribution in [-0.2, 0) is 27.2 Å². The number of anilines is 1. The molecule has 1 aromatic carbocycles. The van der Waals surface area contributed by atoms with Crippen LogP contribution in [0.5, 0.6) is 0 Å². The molecule has 2 N–H and O–H groups in total. The van der Waals surface area contributed by atoms with Gasteiger partial charge in [-0.2, -0.15) is 0 Å². The summed E-state index contributed by atoms with van der Waals surface area (Å²) in [4.78, 5) is 34.4. The van der Waals surface area contributed by atoms with Crippen LogP contribution in [0.1, 0.15) is 56.6 Å². The Morgan fingerprint density at radius 3 is 2.65 bits per heavy atom. The fraction of sp³-hybridized carbons (Fsp3) is 0.550. The maximum Gasteiger partial charge on any atom is 0.230 e. The summed E-state index contributed by atoms with van der Waals surface area (Å²) in [5, 5.41) is 5.80. The van der Waals surface area contributed by atoms with Gasteiger partial charge in [0.1, 0.15) is 0 Å². The number of benzene rings is 1. The Balaban J connectivity index is 1.60. The highest BCUT2D eigenvalue weighted by Gasteiger charge is 2.14. The molecular weight excluding hydrogens is 348 g/mol. The van der Waals surface area contributed by atoms with Crippen LogP contribution in [0.2, 0.25) is 0 Å². The molecule has 0 saturated heterocycles. The topological polar surface area (TPSA) is 75.3 Å².